The molecular weight excluding hydrogens is 328 g/mol. The standard InChI is InChI=1S/C15H22N6O4/c1-4-23-11-8(5-24-7(2)3)25-14(10(11)22)21-6-18-9-12(16)19-15(17)20-13(9)21/h6-7,10,14,22H,4-5H2,1-3H3,(H4,16,17,19,20)/t10?,14-/m1/s1. The Morgan fingerprint density at radius 2 is 2.12 bits per heavy atom. The fraction of sp³-hybridized carbons (Fsp3) is 0.533. The van der Waals surface area contributed by atoms with Crippen LogP contribution >= 0.6 is 0 Å². The van der Waals surface area contributed by atoms with Crippen molar-refractivity contribution in [3.8, 4) is 0 Å². The number of hydrogen-bond donors (Lipinski definition) is 3. The Hall–Kier alpha value is -2.59. The van der Waals surface area contributed by atoms with Crippen molar-refractivity contribution >= 4 is 22.9 Å². The van der Waals surface area contributed by atoms with Crippen molar-refractivity contribution in [1.29, 1.82) is 0 Å². The molecule has 5 N–H and O–H groups in total. The Morgan fingerprint density at radius 1 is 1.36 bits per heavy atom. The van der Waals surface area contributed by atoms with E-state index in [2.05, 4.69) is 15.0 Å². The van der Waals surface area contributed by atoms with Gasteiger partial charge in [-0.2, -0.15) is 9.97 Å². The predicted molar refractivity (Wildman–Crippen MR) is 90.0 cm³/mol. The number of fused-ring (bicyclic) bond motifs is 1. The number of nitrogens with zero attached hydrogens (tertiary/aromatic N) is 4. The van der Waals surface area contributed by atoms with Gasteiger partial charge in [-0.3, -0.25) is 4.57 Å². The van der Waals surface area contributed by atoms with Crippen LogP contribution in [0.25, 0.3) is 11.2 Å². The van der Waals surface area contributed by atoms with Gasteiger partial charge in [0.2, 0.25) is 12.2 Å². The highest BCUT2D eigenvalue weighted by Crippen LogP contribution is 2.35. The number of aliphatic hydroxyl groups is 1. The van der Waals surface area contributed by atoms with Crippen molar-refractivity contribution in [1.82, 2.24) is 19.5 Å². The summed E-state index contributed by atoms with van der Waals surface area (Å²) in [7, 11) is 0. The summed E-state index contributed by atoms with van der Waals surface area (Å²) in [5.74, 6) is 0.950. The fourth-order valence-electron chi connectivity index (χ4n) is 2.58. The first-order valence-corrected chi connectivity index (χ1v) is 8.00. The topological polar surface area (TPSA) is 144 Å². The number of nitrogens with two attached hydrogens (primary N) is 2. The number of aromatic nitrogens is 4. The van der Waals surface area contributed by atoms with Gasteiger partial charge in [-0.25, -0.2) is 4.98 Å². The highest BCUT2D eigenvalue weighted by atomic mass is 16.6. The molecule has 1 unspecified atom stereocenters. The average Bonchev–Trinajstić information content (AvgIpc) is 3.08. The number of nitrogen functional groups attached to an aromatic ring is 2. The molecule has 0 saturated heterocycles. The van der Waals surface area contributed by atoms with Gasteiger partial charge in [-0.15, -0.1) is 0 Å². The first-order valence-electron chi connectivity index (χ1n) is 8.00. The van der Waals surface area contributed by atoms with Crippen LogP contribution in [0.5, 0.6) is 0 Å². The van der Waals surface area contributed by atoms with E-state index < -0.39 is 12.3 Å². The molecule has 25 heavy (non-hydrogen) atoms. The van der Waals surface area contributed by atoms with Gasteiger partial charge in [0.25, 0.3) is 0 Å². The van der Waals surface area contributed by atoms with Gasteiger partial charge in [-0.05, 0) is 20.8 Å². The maximum absolute atomic E-state index is 10.7. The fourth-order valence-corrected chi connectivity index (χ4v) is 2.58. The summed E-state index contributed by atoms with van der Waals surface area (Å²) >= 11 is 0. The molecule has 10 heteroatoms. The van der Waals surface area contributed by atoms with E-state index in [0.29, 0.717) is 29.3 Å². The number of imidazole rings is 1. The largest absolute Gasteiger partial charge is 0.492 e. The van der Waals surface area contributed by atoms with Crippen LogP contribution in [0.3, 0.4) is 0 Å². The van der Waals surface area contributed by atoms with Crippen molar-refractivity contribution < 1.29 is 19.3 Å². The molecule has 0 amide bonds. The molecule has 136 valence electrons. The summed E-state index contributed by atoms with van der Waals surface area (Å²) in [6.45, 7) is 6.23. The van der Waals surface area contributed by atoms with E-state index >= 15 is 0 Å². The molecule has 0 saturated carbocycles. The zero-order valence-corrected chi connectivity index (χ0v) is 14.3. The summed E-state index contributed by atoms with van der Waals surface area (Å²) in [5, 5.41) is 10.7. The van der Waals surface area contributed by atoms with Crippen LogP contribution in [0.1, 0.15) is 27.0 Å². The van der Waals surface area contributed by atoms with Gasteiger partial charge in [0.05, 0.1) is 12.7 Å². The normalized spacial score (nSPS) is 20.5. The summed E-state index contributed by atoms with van der Waals surface area (Å²) in [6, 6.07) is 0. The second-order valence-electron chi connectivity index (χ2n) is 5.82. The Balaban J connectivity index is 1.94. The van der Waals surface area contributed by atoms with Crippen LogP contribution in [-0.2, 0) is 14.2 Å². The molecule has 3 heterocycles. The number of rotatable bonds is 6. The third kappa shape index (κ3) is 3.17. The maximum Gasteiger partial charge on any atom is 0.224 e. The molecule has 0 bridgehead atoms. The second kappa shape index (κ2) is 6.73. The molecule has 2 atom stereocenters. The number of aliphatic hydroxyl groups excluding tert-OH is 1. The lowest BCUT2D eigenvalue weighted by atomic mass is 10.2. The molecule has 10 nitrogen and oxygen atoms in total. The Kier molecular flexibility index (Phi) is 4.64. The predicted octanol–water partition coefficient (Wildman–Crippen LogP) is 0.553. The molecule has 0 aromatic carbocycles. The highest BCUT2D eigenvalue weighted by Gasteiger charge is 2.39. The van der Waals surface area contributed by atoms with Gasteiger partial charge in [0, 0.05) is 0 Å². The lowest BCUT2D eigenvalue weighted by molar-refractivity contribution is -0.0238. The van der Waals surface area contributed by atoms with Crippen LogP contribution in [0, 0.1) is 0 Å². The monoisotopic (exact) mass is 350 g/mol. The third-order valence-electron chi connectivity index (χ3n) is 3.66. The lowest BCUT2D eigenvalue weighted by Gasteiger charge is -2.18. The summed E-state index contributed by atoms with van der Waals surface area (Å²) < 4.78 is 18.6. The lowest BCUT2D eigenvalue weighted by Crippen LogP contribution is -2.23. The molecule has 0 aliphatic carbocycles. The minimum absolute atomic E-state index is 0.0107. The molecule has 2 aromatic heterocycles. The Morgan fingerprint density at radius 3 is 2.80 bits per heavy atom. The van der Waals surface area contributed by atoms with Gasteiger partial charge in [-0.1, -0.05) is 0 Å². The summed E-state index contributed by atoms with van der Waals surface area (Å²) in [4.78, 5) is 12.2. The van der Waals surface area contributed by atoms with E-state index in [9.17, 15) is 5.11 Å². The molecule has 1 aliphatic rings. The van der Waals surface area contributed by atoms with Crippen molar-refractivity contribution in [2.24, 2.45) is 0 Å². The van der Waals surface area contributed by atoms with Crippen LogP contribution in [0.2, 0.25) is 0 Å². The molecule has 0 radical (unpaired) electrons. The van der Waals surface area contributed by atoms with Crippen molar-refractivity contribution in [2.75, 3.05) is 24.7 Å². The van der Waals surface area contributed by atoms with E-state index in [-0.39, 0.29) is 24.5 Å². The SMILES string of the molecule is CCOC1=C(COC(C)C)O[C@@H](n2cnc3c(N)nc(N)nc32)C1O. The van der Waals surface area contributed by atoms with E-state index in [1.165, 1.54) is 6.33 Å². The van der Waals surface area contributed by atoms with Crippen LogP contribution < -0.4 is 11.5 Å². The van der Waals surface area contributed by atoms with Gasteiger partial charge >= 0.3 is 0 Å². The summed E-state index contributed by atoms with van der Waals surface area (Å²) in [6.07, 6.45) is -0.373. The van der Waals surface area contributed by atoms with Crippen LogP contribution in [-0.4, -0.2) is 50.0 Å². The molecule has 3 rings (SSSR count). The first kappa shape index (κ1) is 17.2. The first-order chi connectivity index (χ1) is 11.9. The Labute approximate surface area is 144 Å². The minimum Gasteiger partial charge on any atom is -0.492 e. The minimum atomic E-state index is -1.04. The molecule has 0 spiro atoms. The van der Waals surface area contributed by atoms with E-state index in [1.807, 2.05) is 20.8 Å². The van der Waals surface area contributed by atoms with E-state index in [1.54, 1.807) is 4.57 Å². The molecule has 0 fully saturated rings. The quantitative estimate of drug-likeness (QED) is 0.680. The molecular formula is C15H22N6O4. The van der Waals surface area contributed by atoms with Crippen LogP contribution in [0.4, 0.5) is 11.8 Å². The summed E-state index contributed by atoms with van der Waals surface area (Å²) in [5.41, 5.74) is 12.2. The van der Waals surface area contributed by atoms with Crippen molar-refractivity contribution in [2.45, 2.75) is 39.2 Å². The number of hydrogen-bond acceptors (Lipinski definition) is 9. The zero-order valence-electron chi connectivity index (χ0n) is 14.3. The maximum atomic E-state index is 10.7. The van der Waals surface area contributed by atoms with Crippen molar-refractivity contribution in [3.63, 3.8) is 0 Å². The van der Waals surface area contributed by atoms with E-state index in [4.69, 9.17) is 25.7 Å². The van der Waals surface area contributed by atoms with E-state index in [0.717, 1.165) is 0 Å². The Bertz CT molecular complexity index is 803. The highest BCUT2D eigenvalue weighted by molar-refractivity contribution is 5.82. The van der Waals surface area contributed by atoms with Gasteiger partial charge in [0.1, 0.15) is 18.5 Å². The third-order valence-corrected chi connectivity index (χ3v) is 3.66. The molecule has 1 aliphatic heterocycles. The second-order valence-corrected chi connectivity index (χ2v) is 5.82. The average molecular weight is 350 g/mol. The zero-order chi connectivity index (χ0) is 18.1. The van der Waals surface area contributed by atoms with Gasteiger partial charge < -0.3 is 30.8 Å². The number of anilines is 2. The van der Waals surface area contributed by atoms with Gasteiger partial charge in [0.15, 0.2) is 29.1 Å². The van der Waals surface area contributed by atoms with Crippen LogP contribution in [0.15, 0.2) is 17.8 Å². The smallest absolute Gasteiger partial charge is 0.224 e. The van der Waals surface area contributed by atoms with Crippen molar-refractivity contribution in [3.05, 3.63) is 17.8 Å². The molecule has 2 aromatic rings. The number of ether oxygens (including phenoxy) is 3.